The van der Waals surface area contributed by atoms with Gasteiger partial charge in [-0.15, -0.1) is 0 Å². The molecule has 0 aromatic carbocycles. The SMILES string of the molecule is Brc1cc2nccnc2[nH]1. The number of rotatable bonds is 0. The molecule has 2 aromatic heterocycles. The van der Waals surface area contributed by atoms with E-state index in [1.54, 1.807) is 12.4 Å². The summed E-state index contributed by atoms with van der Waals surface area (Å²) >= 11 is 3.29. The number of aromatic nitrogens is 3. The first-order valence-corrected chi connectivity index (χ1v) is 3.61. The molecular formula is C6H4BrN3. The molecule has 0 aliphatic rings. The lowest BCUT2D eigenvalue weighted by atomic mass is 10.5. The summed E-state index contributed by atoms with van der Waals surface area (Å²) in [5.74, 6) is 0. The van der Waals surface area contributed by atoms with Gasteiger partial charge in [0.25, 0.3) is 0 Å². The van der Waals surface area contributed by atoms with Crippen LogP contribution in [0.15, 0.2) is 23.1 Å². The second kappa shape index (κ2) is 2.05. The van der Waals surface area contributed by atoms with E-state index in [9.17, 15) is 0 Å². The van der Waals surface area contributed by atoms with E-state index in [1.165, 1.54) is 0 Å². The molecule has 3 nitrogen and oxygen atoms in total. The van der Waals surface area contributed by atoms with Crippen molar-refractivity contribution in [3.8, 4) is 0 Å². The second-order valence-electron chi connectivity index (χ2n) is 1.91. The highest BCUT2D eigenvalue weighted by Crippen LogP contribution is 2.13. The lowest BCUT2D eigenvalue weighted by Crippen LogP contribution is -1.75. The Balaban J connectivity index is 2.88. The summed E-state index contributed by atoms with van der Waals surface area (Å²) in [7, 11) is 0. The zero-order chi connectivity index (χ0) is 6.97. The van der Waals surface area contributed by atoms with E-state index in [0.717, 1.165) is 15.8 Å². The van der Waals surface area contributed by atoms with Gasteiger partial charge in [-0.05, 0) is 22.0 Å². The van der Waals surface area contributed by atoms with Gasteiger partial charge in [0.05, 0.1) is 4.60 Å². The topological polar surface area (TPSA) is 41.6 Å². The summed E-state index contributed by atoms with van der Waals surface area (Å²) in [6.07, 6.45) is 3.33. The Labute approximate surface area is 65.6 Å². The molecule has 10 heavy (non-hydrogen) atoms. The summed E-state index contributed by atoms with van der Waals surface area (Å²) in [5, 5.41) is 0. The maximum absolute atomic E-state index is 4.08. The minimum atomic E-state index is 0.814. The monoisotopic (exact) mass is 197 g/mol. The fourth-order valence-electron chi connectivity index (χ4n) is 0.820. The highest BCUT2D eigenvalue weighted by atomic mass is 79.9. The van der Waals surface area contributed by atoms with E-state index in [0.29, 0.717) is 0 Å². The van der Waals surface area contributed by atoms with Crippen molar-refractivity contribution in [1.82, 2.24) is 15.0 Å². The van der Waals surface area contributed by atoms with Crippen LogP contribution in [0.3, 0.4) is 0 Å². The zero-order valence-electron chi connectivity index (χ0n) is 5.00. The van der Waals surface area contributed by atoms with E-state index in [1.807, 2.05) is 6.07 Å². The molecule has 50 valence electrons. The smallest absolute Gasteiger partial charge is 0.156 e. The number of hydrogen-bond donors (Lipinski definition) is 1. The van der Waals surface area contributed by atoms with E-state index in [2.05, 4.69) is 30.9 Å². The number of halogens is 1. The molecule has 0 spiro atoms. The highest BCUT2D eigenvalue weighted by Gasteiger charge is 1.96. The number of hydrogen-bond acceptors (Lipinski definition) is 2. The second-order valence-corrected chi connectivity index (χ2v) is 2.76. The minimum absolute atomic E-state index is 0.814. The molecule has 0 fully saturated rings. The van der Waals surface area contributed by atoms with Crippen molar-refractivity contribution in [3.63, 3.8) is 0 Å². The van der Waals surface area contributed by atoms with Gasteiger partial charge in [0.1, 0.15) is 5.52 Å². The van der Waals surface area contributed by atoms with Crippen LogP contribution in [0.1, 0.15) is 0 Å². The molecule has 0 atom stereocenters. The minimum Gasteiger partial charge on any atom is -0.333 e. The van der Waals surface area contributed by atoms with Crippen molar-refractivity contribution in [2.75, 3.05) is 0 Å². The standard InChI is InChI=1S/C6H4BrN3/c7-5-3-4-6(10-5)9-2-1-8-4/h1-3H,(H,9,10). The predicted molar refractivity (Wildman–Crippen MR) is 41.6 cm³/mol. The Morgan fingerprint density at radius 3 is 2.90 bits per heavy atom. The number of nitrogens with zero attached hydrogens (tertiary/aromatic N) is 2. The first kappa shape index (κ1) is 5.85. The molecule has 0 aliphatic carbocycles. The molecule has 0 saturated heterocycles. The number of nitrogens with one attached hydrogen (secondary N) is 1. The average molecular weight is 198 g/mol. The molecule has 0 unspecified atom stereocenters. The molecule has 0 radical (unpaired) electrons. The van der Waals surface area contributed by atoms with Crippen molar-refractivity contribution in [2.24, 2.45) is 0 Å². The van der Waals surface area contributed by atoms with Crippen LogP contribution >= 0.6 is 15.9 Å². The summed E-state index contributed by atoms with van der Waals surface area (Å²) in [4.78, 5) is 11.1. The van der Waals surface area contributed by atoms with Gasteiger partial charge < -0.3 is 4.98 Å². The lowest BCUT2D eigenvalue weighted by molar-refractivity contribution is 1.25. The fourth-order valence-corrected chi connectivity index (χ4v) is 1.22. The van der Waals surface area contributed by atoms with Crippen molar-refractivity contribution in [3.05, 3.63) is 23.1 Å². The van der Waals surface area contributed by atoms with Crippen molar-refractivity contribution in [1.29, 1.82) is 0 Å². The summed E-state index contributed by atoms with van der Waals surface area (Å²) in [6.45, 7) is 0. The molecule has 4 heteroatoms. The van der Waals surface area contributed by atoms with Crippen LogP contribution in [-0.4, -0.2) is 15.0 Å². The van der Waals surface area contributed by atoms with E-state index in [-0.39, 0.29) is 0 Å². The Morgan fingerprint density at radius 1 is 1.30 bits per heavy atom. The largest absolute Gasteiger partial charge is 0.333 e. The van der Waals surface area contributed by atoms with E-state index >= 15 is 0 Å². The molecule has 0 aliphatic heterocycles. The van der Waals surface area contributed by atoms with Gasteiger partial charge in [0.2, 0.25) is 0 Å². The van der Waals surface area contributed by atoms with Gasteiger partial charge in [-0.2, -0.15) is 0 Å². The van der Waals surface area contributed by atoms with Crippen LogP contribution in [0, 0.1) is 0 Å². The average Bonchev–Trinajstić information content (AvgIpc) is 2.27. The molecular weight excluding hydrogens is 194 g/mol. The molecule has 2 rings (SSSR count). The van der Waals surface area contributed by atoms with Gasteiger partial charge in [0, 0.05) is 12.4 Å². The van der Waals surface area contributed by atoms with Crippen molar-refractivity contribution < 1.29 is 0 Å². The first-order chi connectivity index (χ1) is 4.86. The Hall–Kier alpha value is -0.900. The molecule has 1 N–H and O–H groups in total. The van der Waals surface area contributed by atoms with Gasteiger partial charge in [-0.25, -0.2) is 4.98 Å². The number of aromatic amines is 1. The van der Waals surface area contributed by atoms with Crippen LogP contribution in [0.2, 0.25) is 0 Å². The Bertz CT molecular complexity index is 322. The van der Waals surface area contributed by atoms with E-state index in [4.69, 9.17) is 0 Å². The van der Waals surface area contributed by atoms with Crippen LogP contribution in [-0.2, 0) is 0 Å². The maximum Gasteiger partial charge on any atom is 0.156 e. The molecule has 0 saturated carbocycles. The van der Waals surface area contributed by atoms with Gasteiger partial charge in [-0.1, -0.05) is 0 Å². The quantitative estimate of drug-likeness (QED) is 0.700. The summed E-state index contributed by atoms with van der Waals surface area (Å²) in [6, 6.07) is 1.89. The van der Waals surface area contributed by atoms with Crippen LogP contribution in [0.5, 0.6) is 0 Å². The van der Waals surface area contributed by atoms with Gasteiger partial charge >= 0.3 is 0 Å². The van der Waals surface area contributed by atoms with Crippen LogP contribution < -0.4 is 0 Å². The molecule has 2 aromatic rings. The van der Waals surface area contributed by atoms with Crippen molar-refractivity contribution in [2.45, 2.75) is 0 Å². The van der Waals surface area contributed by atoms with Crippen molar-refractivity contribution >= 4 is 27.1 Å². The lowest BCUT2D eigenvalue weighted by Gasteiger charge is -1.81. The predicted octanol–water partition coefficient (Wildman–Crippen LogP) is 1.72. The van der Waals surface area contributed by atoms with Crippen LogP contribution in [0.4, 0.5) is 0 Å². The van der Waals surface area contributed by atoms with E-state index < -0.39 is 0 Å². The molecule has 0 amide bonds. The summed E-state index contributed by atoms with van der Waals surface area (Å²) in [5.41, 5.74) is 1.70. The third-order valence-electron chi connectivity index (χ3n) is 1.23. The van der Waals surface area contributed by atoms with Gasteiger partial charge in [-0.3, -0.25) is 4.98 Å². The summed E-state index contributed by atoms with van der Waals surface area (Å²) < 4.78 is 0.911. The normalized spacial score (nSPS) is 10.5. The molecule has 0 bridgehead atoms. The fraction of sp³-hybridized carbons (Fsp3) is 0. The third-order valence-corrected chi connectivity index (χ3v) is 1.65. The van der Waals surface area contributed by atoms with Crippen LogP contribution in [0.25, 0.3) is 11.2 Å². The Kier molecular flexibility index (Phi) is 1.20. The Morgan fingerprint density at radius 2 is 2.10 bits per heavy atom. The maximum atomic E-state index is 4.08. The van der Waals surface area contributed by atoms with Gasteiger partial charge in [0.15, 0.2) is 5.65 Å². The highest BCUT2D eigenvalue weighted by molar-refractivity contribution is 9.10. The zero-order valence-corrected chi connectivity index (χ0v) is 6.59. The number of H-pyrrole nitrogens is 1. The third kappa shape index (κ3) is 0.806. The molecule has 2 heterocycles. The first-order valence-electron chi connectivity index (χ1n) is 2.81. The number of fused-ring (bicyclic) bond motifs is 1.